The molecule has 0 N–H and O–H groups in total. The largest absolute Gasteiger partial charge is 0.353 e. The Morgan fingerprint density at radius 1 is 1.31 bits per heavy atom. The summed E-state index contributed by atoms with van der Waals surface area (Å²) in [7, 11) is 3.34. The fraction of sp³-hybridized carbons (Fsp3) is 0.889. The van der Waals surface area contributed by atoms with Gasteiger partial charge in [-0.3, -0.25) is 4.90 Å². The monoisotopic (exact) mass is 184 g/mol. The quantitative estimate of drug-likeness (QED) is 0.476. The molecule has 0 aromatic carbocycles. The third-order valence-corrected chi connectivity index (χ3v) is 2.66. The van der Waals surface area contributed by atoms with Crippen LogP contribution < -0.4 is 0 Å². The SMILES string of the molecule is COC1(OC)CCN(CC#N)CC1. The van der Waals surface area contributed by atoms with Gasteiger partial charge in [0.1, 0.15) is 0 Å². The smallest absolute Gasteiger partial charge is 0.169 e. The van der Waals surface area contributed by atoms with Gasteiger partial charge in [0.05, 0.1) is 12.6 Å². The van der Waals surface area contributed by atoms with E-state index < -0.39 is 5.79 Å². The predicted molar refractivity (Wildman–Crippen MR) is 48.0 cm³/mol. The van der Waals surface area contributed by atoms with Crippen molar-refractivity contribution in [1.82, 2.24) is 4.90 Å². The Hall–Kier alpha value is -0.630. The molecule has 74 valence electrons. The van der Waals surface area contributed by atoms with Crippen molar-refractivity contribution in [1.29, 1.82) is 5.26 Å². The molecule has 13 heavy (non-hydrogen) atoms. The van der Waals surface area contributed by atoms with Crippen LogP contribution in [-0.2, 0) is 9.47 Å². The maximum atomic E-state index is 8.51. The Morgan fingerprint density at radius 3 is 2.23 bits per heavy atom. The summed E-state index contributed by atoms with van der Waals surface area (Å²) in [5, 5.41) is 8.51. The maximum absolute atomic E-state index is 8.51. The first kappa shape index (κ1) is 10.5. The highest BCUT2D eigenvalue weighted by molar-refractivity contribution is 4.84. The number of nitriles is 1. The Labute approximate surface area is 79.0 Å². The summed E-state index contributed by atoms with van der Waals surface area (Å²) in [4.78, 5) is 2.11. The van der Waals surface area contributed by atoms with E-state index in [1.807, 2.05) is 0 Å². The first-order chi connectivity index (χ1) is 6.26. The summed E-state index contributed by atoms with van der Waals surface area (Å²) in [6.45, 7) is 2.24. The lowest BCUT2D eigenvalue weighted by Crippen LogP contribution is -2.46. The summed E-state index contributed by atoms with van der Waals surface area (Å²) in [6, 6.07) is 2.15. The van der Waals surface area contributed by atoms with E-state index in [2.05, 4.69) is 11.0 Å². The van der Waals surface area contributed by atoms with Gasteiger partial charge in [-0.1, -0.05) is 0 Å². The van der Waals surface area contributed by atoms with Gasteiger partial charge in [-0.05, 0) is 0 Å². The number of hydrogen-bond acceptors (Lipinski definition) is 4. The van der Waals surface area contributed by atoms with Gasteiger partial charge < -0.3 is 9.47 Å². The van der Waals surface area contributed by atoms with Gasteiger partial charge in [-0.15, -0.1) is 0 Å². The predicted octanol–water partition coefficient (Wildman–Crippen LogP) is 0.595. The summed E-state index contributed by atoms with van der Waals surface area (Å²) in [5.41, 5.74) is 0. The molecule has 0 radical (unpaired) electrons. The molecule has 0 amide bonds. The zero-order valence-electron chi connectivity index (χ0n) is 8.25. The molecule has 0 aliphatic carbocycles. The fourth-order valence-corrected chi connectivity index (χ4v) is 1.64. The molecule has 4 heteroatoms. The molecule has 0 aromatic rings. The van der Waals surface area contributed by atoms with Crippen molar-refractivity contribution in [3.05, 3.63) is 0 Å². The highest BCUT2D eigenvalue weighted by Crippen LogP contribution is 2.25. The van der Waals surface area contributed by atoms with Crippen molar-refractivity contribution >= 4 is 0 Å². The number of hydrogen-bond donors (Lipinski definition) is 0. The van der Waals surface area contributed by atoms with E-state index in [0.29, 0.717) is 6.54 Å². The third kappa shape index (κ3) is 2.41. The minimum absolute atomic E-state index is 0.411. The van der Waals surface area contributed by atoms with Crippen molar-refractivity contribution < 1.29 is 9.47 Å². The van der Waals surface area contributed by atoms with Crippen LogP contribution in [0.2, 0.25) is 0 Å². The minimum Gasteiger partial charge on any atom is -0.353 e. The molecule has 4 nitrogen and oxygen atoms in total. The molecule has 0 bridgehead atoms. The van der Waals surface area contributed by atoms with Crippen molar-refractivity contribution in [2.75, 3.05) is 33.9 Å². The van der Waals surface area contributed by atoms with Gasteiger partial charge >= 0.3 is 0 Å². The molecule has 1 saturated heterocycles. The minimum atomic E-state index is -0.411. The lowest BCUT2D eigenvalue weighted by Gasteiger charge is -2.38. The third-order valence-electron chi connectivity index (χ3n) is 2.66. The van der Waals surface area contributed by atoms with Crippen LogP contribution in [0.4, 0.5) is 0 Å². The number of ether oxygens (including phenoxy) is 2. The van der Waals surface area contributed by atoms with Gasteiger partial charge in [0.2, 0.25) is 0 Å². The number of likely N-dealkylation sites (tertiary alicyclic amines) is 1. The number of methoxy groups -OCH3 is 2. The van der Waals surface area contributed by atoms with Gasteiger partial charge in [0.25, 0.3) is 0 Å². The van der Waals surface area contributed by atoms with Crippen LogP contribution in [0, 0.1) is 11.3 Å². The van der Waals surface area contributed by atoms with E-state index >= 15 is 0 Å². The topological polar surface area (TPSA) is 45.5 Å². The van der Waals surface area contributed by atoms with Crippen LogP contribution in [0.25, 0.3) is 0 Å². The molecule has 1 fully saturated rings. The van der Waals surface area contributed by atoms with Crippen LogP contribution >= 0.6 is 0 Å². The molecular weight excluding hydrogens is 168 g/mol. The van der Waals surface area contributed by atoms with Crippen molar-refractivity contribution in [2.45, 2.75) is 18.6 Å². The van der Waals surface area contributed by atoms with Crippen LogP contribution in [0.15, 0.2) is 0 Å². The molecule has 0 aromatic heterocycles. The van der Waals surface area contributed by atoms with Crippen LogP contribution in [0.3, 0.4) is 0 Å². The molecule has 1 aliphatic heterocycles. The van der Waals surface area contributed by atoms with Gasteiger partial charge in [0, 0.05) is 40.2 Å². The Balaban J connectivity index is 2.41. The Morgan fingerprint density at radius 2 is 1.85 bits per heavy atom. The molecule has 0 unspecified atom stereocenters. The molecule has 0 saturated carbocycles. The van der Waals surface area contributed by atoms with Crippen LogP contribution in [0.1, 0.15) is 12.8 Å². The Kier molecular flexibility index (Phi) is 3.67. The second-order valence-electron chi connectivity index (χ2n) is 3.25. The lowest BCUT2D eigenvalue weighted by molar-refractivity contribution is -0.228. The summed E-state index contributed by atoms with van der Waals surface area (Å²) >= 11 is 0. The molecule has 1 rings (SSSR count). The van der Waals surface area contributed by atoms with E-state index in [9.17, 15) is 0 Å². The van der Waals surface area contributed by atoms with Crippen molar-refractivity contribution in [3.63, 3.8) is 0 Å². The average molecular weight is 184 g/mol. The molecular formula is C9H16N2O2. The van der Waals surface area contributed by atoms with E-state index in [1.165, 1.54) is 0 Å². The zero-order chi connectivity index (χ0) is 9.73. The molecule has 0 atom stereocenters. The van der Waals surface area contributed by atoms with Crippen molar-refractivity contribution in [2.24, 2.45) is 0 Å². The van der Waals surface area contributed by atoms with Gasteiger partial charge in [-0.2, -0.15) is 5.26 Å². The number of nitrogens with zero attached hydrogens (tertiary/aromatic N) is 2. The highest BCUT2D eigenvalue weighted by Gasteiger charge is 2.34. The average Bonchev–Trinajstić information content (AvgIpc) is 2.20. The van der Waals surface area contributed by atoms with Gasteiger partial charge in [0.15, 0.2) is 5.79 Å². The van der Waals surface area contributed by atoms with E-state index in [0.717, 1.165) is 25.9 Å². The highest BCUT2D eigenvalue weighted by atomic mass is 16.7. The van der Waals surface area contributed by atoms with E-state index in [-0.39, 0.29) is 0 Å². The lowest BCUT2D eigenvalue weighted by atomic mass is 10.0. The standard InChI is InChI=1S/C9H16N2O2/c1-12-9(13-2)3-6-11(7-4-9)8-5-10/h3-4,6-8H2,1-2H3. The van der Waals surface area contributed by atoms with Crippen LogP contribution in [-0.4, -0.2) is 44.5 Å². The number of rotatable bonds is 3. The summed E-state index contributed by atoms with van der Waals surface area (Å²) in [5.74, 6) is -0.411. The number of piperidine rings is 1. The Bertz CT molecular complexity index is 186. The second kappa shape index (κ2) is 4.56. The first-order valence-electron chi connectivity index (χ1n) is 4.46. The van der Waals surface area contributed by atoms with Gasteiger partial charge in [-0.25, -0.2) is 0 Å². The summed E-state index contributed by atoms with van der Waals surface area (Å²) in [6.07, 6.45) is 1.67. The van der Waals surface area contributed by atoms with Crippen molar-refractivity contribution in [3.8, 4) is 6.07 Å². The molecule has 1 aliphatic rings. The summed E-state index contributed by atoms with van der Waals surface area (Å²) < 4.78 is 10.6. The maximum Gasteiger partial charge on any atom is 0.169 e. The normalized spacial score (nSPS) is 22.5. The fourth-order valence-electron chi connectivity index (χ4n) is 1.64. The zero-order valence-corrected chi connectivity index (χ0v) is 8.25. The van der Waals surface area contributed by atoms with E-state index in [1.54, 1.807) is 14.2 Å². The second-order valence-corrected chi connectivity index (χ2v) is 3.25. The first-order valence-corrected chi connectivity index (χ1v) is 4.46. The van der Waals surface area contributed by atoms with Crippen LogP contribution in [0.5, 0.6) is 0 Å². The molecule has 1 heterocycles. The van der Waals surface area contributed by atoms with E-state index in [4.69, 9.17) is 14.7 Å². The molecule has 0 spiro atoms.